The van der Waals surface area contributed by atoms with Gasteiger partial charge < -0.3 is 14.2 Å². The lowest BCUT2D eigenvalue weighted by molar-refractivity contribution is -0.134. The molecule has 0 N–H and O–H groups in total. The topological polar surface area (TPSA) is 81.3 Å². The van der Waals surface area contributed by atoms with E-state index in [-0.39, 0.29) is 12.0 Å². The number of hydrogen-bond acceptors (Lipinski definition) is 6. The number of pyridine rings is 1. The number of likely N-dealkylation sites (tertiary alicyclic amines) is 1. The highest BCUT2D eigenvalue weighted by Crippen LogP contribution is 2.18. The first kappa shape index (κ1) is 19.3. The molecule has 0 bridgehead atoms. The van der Waals surface area contributed by atoms with E-state index in [1.54, 1.807) is 12.4 Å². The van der Waals surface area contributed by atoms with Crippen molar-refractivity contribution in [1.29, 1.82) is 0 Å². The molecule has 1 fully saturated rings. The Kier molecular flexibility index (Phi) is 6.26. The van der Waals surface area contributed by atoms with Crippen molar-refractivity contribution < 1.29 is 14.1 Å². The molecule has 0 unspecified atom stereocenters. The number of ether oxygens (including phenoxy) is 1. The molecule has 0 spiro atoms. The Balaban J connectivity index is 1.20. The molecule has 3 aromatic rings. The lowest BCUT2D eigenvalue weighted by Crippen LogP contribution is -2.40. The summed E-state index contributed by atoms with van der Waals surface area (Å²) in [5.74, 6) is 1.09. The summed E-state index contributed by atoms with van der Waals surface area (Å²) in [7, 11) is 0. The van der Waals surface area contributed by atoms with Gasteiger partial charge in [-0.15, -0.1) is 0 Å². The summed E-state index contributed by atoms with van der Waals surface area (Å²) >= 11 is 0. The maximum absolute atomic E-state index is 12.5. The Morgan fingerprint density at radius 1 is 1.14 bits per heavy atom. The van der Waals surface area contributed by atoms with Crippen LogP contribution in [0.1, 0.15) is 30.7 Å². The molecule has 2 aromatic heterocycles. The molecule has 150 valence electrons. The Bertz CT molecular complexity index is 906. The Morgan fingerprint density at radius 3 is 2.72 bits per heavy atom. The second-order valence-electron chi connectivity index (χ2n) is 7.13. The van der Waals surface area contributed by atoms with Crippen molar-refractivity contribution in [2.24, 2.45) is 0 Å². The van der Waals surface area contributed by atoms with Gasteiger partial charge in [0.25, 0.3) is 0 Å². The van der Waals surface area contributed by atoms with E-state index in [1.807, 2.05) is 35.2 Å². The minimum atomic E-state index is 0.118. The van der Waals surface area contributed by atoms with Crippen LogP contribution in [0, 0.1) is 0 Å². The van der Waals surface area contributed by atoms with Gasteiger partial charge in [0, 0.05) is 43.9 Å². The van der Waals surface area contributed by atoms with Crippen LogP contribution in [0.5, 0.6) is 0 Å². The molecule has 1 aliphatic rings. The van der Waals surface area contributed by atoms with Crippen LogP contribution in [0.25, 0.3) is 11.4 Å². The van der Waals surface area contributed by atoms with Crippen molar-refractivity contribution in [3.8, 4) is 11.4 Å². The molecule has 1 amide bonds. The zero-order valence-corrected chi connectivity index (χ0v) is 16.2. The van der Waals surface area contributed by atoms with Crippen LogP contribution in [0.3, 0.4) is 0 Å². The number of carbonyl (C=O) groups excluding carboxylic acids is 1. The van der Waals surface area contributed by atoms with Crippen molar-refractivity contribution in [3.63, 3.8) is 0 Å². The summed E-state index contributed by atoms with van der Waals surface area (Å²) in [5, 5.41) is 3.96. The first-order valence-corrected chi connectivity index (χ1v) is 9.94. The molecule has 0 radical (unpaired) electrons. The lowest BCUT2D eigenvalue weighted by atomic mass is 10.1. The molecule has 1 aromatic carbocycles. The molecular weight excluding hydrogens is 368 g/mol. The number of benzene rings is 1. The van der Waals surface area contributed by atoms with Gasteiger partial charge in [0.05, 0.1) is 12.7 Å². The van der Waals surface area contributed by atoms with E-state index in [4.69, 9.17) is 9.26 Å². The maximum Gasteiger partial charge on any atom is 0.227 e. The number of piperidine rings is 1. The highest BCUT2D eigenvalue weighted by atomic mass is 16.5. The first-order valence-electron chi connectivity index (χ1n) is 9.94. The van der Waals surface area contributed by atoms with Gasteiger partial charge in [0.1, 0.15) is 0 Å². The van der Waals surface area contributed by atoms with Gasteiger partial charge >= 0.3 is 0 Å². The summed E-state index contributed by atoms with van der Waals surface area (Å²) in [5.41, 5.74) is 1.97. The fraction of sp³-hybridized carbons (Fsp3) is 0.364. The fourth-order valence-electron chi connectivity index (χ4n) is 3.40. The van der Waals surface area contributed by atoms with Crippen LogP contribution in [0.4, 0.5) is 0 Å². The molecule has 4 rings (SSSR count). The van der Waals surface area contributed by atoms with Crippen LogP contribution in [-0.4, -0.2) is 45.1 Å². The van der Waals surface area contributed by atoms with Crippen LogP contribution in [0.15, 0.2) is 59.4 Å². The van der Waals surface area contributed by atoms with E-state index >= 15 is 0 Å². The number of hydrogen-bond donors (Lipinski definition) is 0. The molecule has 7 heteroatoms. The van der Waals surface area contributed by atoms with Gasteiger partial charge in [0.15, 0.2) is 0 Å². The first-order chi connectivity index (χ1) is 14.3. The van der Waals surface area contributed by atoms with Gasteiger partial charge in [-0.25, -0.2) is 0 Å². The number of amides is 1. The molecular formula is C22H24N4O3. The van der Waals surface area contributed by atoms with Crippen LogP contribution in [0.2, 0.25) is 0 Å². The number of aromatic nitrogens is 3. The number of aryl methyl sites for hydroxylation is 1. The fourth-order valence-corrected chi connectivity index (χ4v) is 3.40. The second-order valence-corrected chi connectivity index (χ2v) is 7.13. The van der Waals surface area contributed by atoms with Crippen molar-refractivity contribution in [3.05, 3.63) is 66.3 Å². The average molecular weight is 392 g/mol. The Hall–Kier alpha value is -3.06. The number of rotatable bonds is 7. The van der Waals surface area contributed by atoms with E-state index in [1.165, 1.54) is 5.56 Å². The summed E-state index contributed by atoms with van der Waals surface area (Å²) in [6, 6.07) is 13.9. The lowest BCUT2D eigenvalue weighted by Gasteiger charge is -2.32. The monoisotopic (exact) mass is 392 g/mol. The van der Waals surface area contributed by atoms with Gasteiger partial charge in [-0.05, 0) is 30.5 Å². The van der Waals surface area contributed by atoms with Crippen molar-refractivity contribution in [1.82, 2.24) is 20.0 Å². The van der Waals surface area contributed by atoms with Gasteiger partial charge in [-0.2, -0.15) is 4.98 Å². The molecule has 1 aliphatic heterocycles. The predicted octanol–water partition coefficient (Wildman–Crippen LogP) is 3.27. The molecule has 7 nitrogen and oxygen atoms in total. The van der Waals surface area contributed by atoms with E-state index in [9.17, 15) is 4.79 Å². The van der Waals surface area contributed by atoms with Crippen molar-refractivity contribution >= 4 is 5.91 Å². The van der Waals surface area contributed by atoms with E-state index < -0.39 is 0 Å². The van der Waals surface area contributed by atoms with Crippen LogP contribution >= 0.6 is 0 Å². The minimum Gasteiger partial charge on any atom is -0.373 e. The molecule has 0 aliphatic carbocycles. The van der Waals surface area contributed by atoms with E-state index in [0.717, 1.165) is 31.5 Å². The summed E-state index contributed by atoms with van der Waals surface area (Å²) in [6.07, 6.45) is 6.12. The summed E-state index contributed by atoms with van der Waals surface area (Å²) in [4.78, 5) is 22.8. The zero-order valence-electron chi connectivity index (χ0n) is 16.2. The molecule has 3 heterocycles. The highest BCUT2D eigenvalue weighted by molar-refractivity contribution is 5.76. The van der Waals surface area contributed by atoms with Crippen molar-refractivity contribution in [2.45, 2.75) is 38.4 Å². The quantitative estimate of drug-likeness (QED) is 0.614. The van der Waals surface area contributed by atoms with Gasteiger partial charge in [-0.3, -0.25) is 9.78 Å². The predicted molar refractivity (Wildman–Crippen MR) is 107 cm³/mol. The number of carbonyl (C=O) groups is 1. The summed E-state index contributed by atoms with van der Waals surface area (Å²) in [6.45, 7) is 2.07. The largest absolute Gasteiger partial charge is 0.373 e. The minimum absolute atomic E-state index is 0.118. The van der Waals surface area contributed by atoms with Gasteiger partial charge in [0.2, 0.25) is 17.6 Å². The SMILES string of the molecule is O=C(CCc1nc(-c2cccnc2)no1)N1CCC(OCc2ccccc2)CC1. The van der Waals surface area contributed by atoms with Gasteiger partial charge in [-0.1, -0.05) is 35.5 Å². The number of nitrogens with zero attached hydrogens (tertiary/aromatic N) is 4. The third kappa shape index (κ3) is 5.26. The third-order valence-corrected chi connectivity index (χ3v) is 5.06. The average Bonchev–Trinajstić information content (AvgIpc) is 3.27. The molecule has 1 saturated heterocycles. The zero-order chi connectivity index (χ0) is 19.9. The highest BCUT2D eigenvalue weighted by Gasteiger charge is 2.23. The Labute approximate surface area is 169 Å². The smallest absolute Gasteiger partial charge is 0.227 e. The van der Waals surface area contributed by atoms with Crippen LogP contribution < -0.4 is 0 Å². The second kappa shape index (κ2) is 9.43. The van der Waals surface area contributed by atoms with Crippen LogP contribution in [-0.2, 0) is 22.6 Å². The molecule has 0 atom stereocenters. The van der Waals surface area contributed by atoms with E-state index in [2.05, 4.69) is 27.3 Å². The summed E-state index contributed by atoms with van der Waals surface area (Å²) < 4.78 is 11.3. The van der Waals surface area contributed by atoms with Crippen molar-refractivity contribution in [2.75, 3.05) is 13.1 Å². The third-order valence-electron chi connectivity index (χ3n) is 5.06. The normalized spacial score (nSPS) is 14.8. The Morgan fingerprint density at radius 2 is 1.97 bits per heavy atom. The standard InChI is InChI=1S/C22H24N4O3/c27-21(9-8-20-24-22(25-29-20)18-7-4-12-23-15-18)26-13-10-19(11-14-26)28-16-17-5-2-1-3-6-17/h1-7,12,15,19H,8-11,13-14,16H2. The molecule has 0 saturated carbocycles. The van der Waals surface area contributed by atoms with E-state index in [0.29, 0.717) is 31.2 Å². The maximum atomic E-state index is 12.5. The molecule has 29 heavy (non-hydrogen) atoms.